The SMILES string of the molecule is CN=C(NCC1CN(C)CCO1)N(C)Cc1ccc(Cl)c(Cl)c1. The Morgan fingerprint density at radius 1 is 1.43 bits per heavy atom. The first-order valence-electron chi connectivity index (χ1n) is 7.65. The number of benzene rings is 1. The quantitative estimate of drug-likeness (QED) is 0.662. The second-order valence-electron chi connectivity index (χ2n) is 5.79. The van der Waals surface area contributed by atoms with E-state index in [1.54, 1.807) is 7.05 Å². The zero-order valence-electron chi connectivity index (χ0n) is 13.9. The molecule has 1 unspecified atom stereocenters. The van der Waals surface area contributed by atoms with Gasteiger partial charge in [-0.05, 0) is 24.7 Å². The summed E-state index contributed by atoms with van der Waals surface area (Å²) < 4.78 is 5.76. The predicted octanol–water partition coefficient (Wildman–Crippen LogP) is 2.33. The molecule has 0 radical (unpaired) electrons. The van der Waals surface area contributed by atoms with Crippen LogP contribution >= 0.6 is 23.2 Å². The maximum absolute atomic E-state index is 6.07. The molecule has 128 valence electrons. The Labute approximate surface area is 148 Å². The van der Waals surface area contributed by atoms with Gasteiger partial charge in [0.05, 0.1) is 22.8 Å². The van der Waals surface area contributed by atoms with E-state index in [1.165, 1.54) is 0 Å². The van der Waals surface area contributed by atoms with Crippen molar-refractivity contribution in [2.45, 2.75) is 12.6 Å². The summed E-state index contributed by atoms with van der Waals surface area (Å²) in [5.41, 5.74) is 1.08. The molecule has 23 heavy (non-hydrogen) atoms. The molecule has 0 bridgehead atoms. The second-order valence-corrected chi connectivity index (χ2v) is 6.60. The monoisotopic (exact) mass is 358 g/mol. The molecule has 1 aliphatic heterocycles. The number of nitrogens with one attached hydrogen (secondary N) is 1. The molecular formula is C16H24Cl2N4O. The predicted molar refractivity (Wildman–Crippen MR) is 96.5 cm³/mol. The summed E-state index contributed by atoms with van der Waals surface area (Å²) in [6.45, 7) is 4.13. The van der Waals surface area contributed by atoms with Crippen molar-refractivity contribution in [3.05, 3.63) is 33.8 Å². The average Bonchev–Trinajstić information content (AvgIpc) is 2.51. The highest BCUT2D eigenvalue weighted by Crippen LogP contribution is 2.23. The number of guanidine groups is 1. The van der Waals surface area contributed by atoms with E-state index in [4.69, 9.17) is 27.9 Å². The van der Waals surface area contributed by atoms with Crippen LogP contribution in [0, 0.1) is 0 Å². The number of morpholine rings is 1. The molecule has 1 N–H and O–H groups in total. The van der Waals surface area contributed by atoms with Crippen LogP contribution in [0.25, 0.3) is 0 Å². The van der Waals surface area contributed by atoms with E-state index in [0.29, 0.717) is 16.6 Å². The van der Waals surface area contributed by atoms with Gasteiger partial charge < -0.3 is 19.9 Å². The Kier molecular flexibility index (Phi) is 6.96. The third-order valence-corrected chi connectivity index (χ3v) is 4.55. The molecule has 1 saturated heterocycles. The summed E-state index contributed by atoms with van der Waals surface area (Å²) in [6, 6.07) is 5.67. The normalized spacial score (nSPS) is 19.7. The Morgan fingerprint density at radius 3 is 2.87 bits per heavy atom. The lowest BCUT2D eigenvalue weighted by Gasteiger charge is -2.31. The molecule has 7 heteroatoms. The van der Waals surface area contributed by atoms with Crippen molar-refractivity contribution < 1.29 is 4.74 Å². The highest BCUT2D eigenvalue weighted by molar-refractivity contribution is 6.42. The van der Waals surface area contributed by atoms with Crippen molar-refractivity contribution in [2.75, 3.05) is 47.4 Å². The molecule has 1 aromatic carbocycles. The summed E-state index contributed by atoms with van der Waals surface area (Å²) in [5.74, 6) is 0.827. The van der Waals surface area contributed by atoms with Gasteiger partial charge in [0.2, 0.25) is 0 Å². The van der Waals surface area contributed by atoms with Crippen LogP contribution in [0.15, 0.2) is 23.2 Å². The fourth-order valence-corrected chi connectivity index (χ4v) is 2.89. The van der Waals surface area contributed by atoms with Crippen molar-refractivity contribution in [3.63, 3.8) is 0 Å². The van der Waals surface area contributed by atoms with Crippen LogP contribution in [-0.4, -0.2) is 69.2 Å². The van der Waals surface area contributed by atoms with E-state index in [-0.39, 0.29) is 6.10 Å². The molecular weight excluding hydrogens is 335 g/mol. The van der Waals surface area contributed by atoms with Crippen molar-refractivity contribution in [3.8, 4) is 0 Å². The minimum Gasteiger partial charge on any atom is -0.374 e. The van der Waals surface area contributed by atoms with Crippen LogP contribution in [0.5, 0.6) is 0 Å². The van der Waals surface area contributed by atoms with E-state index >= 15 is 0 Å². The number of halogens is 2. The molecule has 1 atom stereocenters. The Bertz CT molecular complexity index is 553. The highest BCUT2D eigenvalue weighted by Gasteiger charge is 2.18. The Hall–Kier alpha value is -1.01. The third-order valence-electron chi connectivity index (χ3n) is 3.81. The second kappa shape index (κ2) is 8.73. The van der Waals surface area contributed by atoms with Crippen LogP contribution in [0.3, 0.4) is 0 Å². The van der Waals surface area contributed by atoms with Crippen LogP contribution in [0.4, 0.5) is 0 Å². The highest BCUT2D eigenvalue weighted by atomic mass is 35.5. The summed E-state index contributed by atoms with van der Waals surface area (Å²) >= 11 is 12.0. The zero-order valence-corrected chi connectivity index (χ0v) is 15.4. The van der Waals surface area contributed by atoms with E-state index in [0.717, 1.165) is 37.8 Å². The van der Waals surface area contributed by atoms with Crippen LogP contribution in [0.1, 0.15) is 5.56 Å². The van der Waals surface area contributed by atoms with E-state index < -0.39 is 0 Å². The fraction of sp³-hybridized carbons (Fsp3) is 0.562. The van der Waals surface area contributed by atoms with Crippen LogP contribution < -0.4 is 5.32 Å². The molecule has 0 saturated carbocycles. The minimum absolute atomic E-state index is 0.184. The van der Waals surface area contributed by atoms with Crippen molar-refractivity contribution in [2.24, 2.45) is 4.99 Å². The van der Waals surface area contributed by atoms with Crippen molar-refractivity contribution >= 4 is 29.2 Å². The Balaban J connectivity index is 1.88. The number of hydrogen-bond donors (Lipinski definition) is 1. The lowest BCUT2D eigenvalue weighted by Crippen LogP contribution is -2.48. The maximum atomic E-state index is 6.07. The topological polar surface area (TPSA) is 40.1 Å². The number of likely N-dealkylation sites (N-methyl/N-ethyl adjacent to an activating group) is 1. The maximum Gasteiger partial charge on any atom is 0.193 e. The van der Waals surface area contributed by atoms with Crippen LogP contribution in [-0.2, 0) is 11.3 Å². The van der Waals surface area contributed by atoms with Gasteiger partial charge in [-0.2, -0.15) is 0 Å². The summed E-state index contributed by atoms with van der Waals surface area (Å²) in [5, 5.41) is 4.51. The third kappa shape index (κ3) is 5.53. The van der Waals surface area contributed by atoms with Gasteiger partial charge >= 0.3 is 0 Å². The van der Waals surface area contributed by atoms with Gasteiger partial charge in [0.15, 0.2) is 5.96 Å². The van der Waals surface area contributed by atoms with Gasteiger partial charge in [0.1, 0.15) is 0 Å². The first-order valence-corrected chi connectivity index (χ1v) is 8.41. The molecule has 0 aliphatic carbocycles. The van der Waals surface area contributed by atoms with Gasteiger partial charge in [-0.3, -0.25) is 4.99 Å². The molecule has 1 fully saturated rings. The molecule has 0 spiro atoms. The standard InChI is InChI=1S/C16H24Cl2N4O/c1-19-16(20-9-13-11-21(2)6-7-23-13)22(3)10-12-4-5-14(17)15(18)8-12/h4-5,8,13H,6-7,9-11H2,1-3H3,(H,19,20). The lowest BCUT2D eigenvalue weighted by atomic mass is 10.2. The van der Waals surface area contributed by atoms with Gasteiger partial charge in [-0.15, -0.1) is 0 Å². The first-order chi connectivity index (χ1) is 11.0. The van der Waals surface area contributed by atoms with Crippen molar-refractivity contribution in [1.29, 1.82) is 0 Å². The number of ether oxygens (including phenoxy) is 1. The number of aliphatic imine (C=N–C) groups is 1. The first kappa shape index (κ1) is 18.3. The van der Waals surface area contributed by atoms with Gasteiger partial charge in [0, 0.05) is 40.3 Å². The molecule has 5 nitrogen and oxygen atoms in total. The van der Waals surface area contributed by atoms with E-state index in [1.807, 2.05) is 30.1 Å². The largest absolute Gasteiger partial charge is 0.374 e. The van der Waals surface area contributed by atoms with Crippen LogP contribution in [0.2, 0.25) is 10.0 Å². The molecule has 1 aromatic rings. The number of rotatable bonds is 4. The lowest BCUT2D eigenvalue weighted by molar-refractivity contribution is -0.0163. The molecule has 0 amide bonds. The summed E-state index contributed by atoms with van der Waals surface area (Å²) in [6.07, 6.45) is 0.184. The molecule has 1 heterocycles. The van der Waals surface area contributed by atoms with Gasteiger partial charge in [0.25, 0.3) is 0 Å². The molecule has 2 rings (SSSR count). The van der Waals surface area contributed by atoms with E-state index in [9.17, 15) is 0 Å². The number of hydrogen-bond acceptors (Lipinski definition) is 3. The summed E-state index contributed by atoms with van der Waals surface area (Å²) in [4.78, 5) is 8.65. The fourth-order valence-electron chi connectivity index (χ4n) is 2.57. The molecule has 0 aromatic heterocycles. The van der Waals surface area contributed by atoms with Gasteiger partial charge in [-0.1, -0.05) is 29.3 Å². The van der Waals surface area contributed by atoms with Crippen molar-refractivity contribution in [1.82, 2.24) is 15.1 Å². The Morgan fingerprint density at radius 2 is 2.22 bits per heavy atom. The van der Waals surface area contributed by atoms with Gasteiger partial charge in [-0.25, -0.2) is 0 Å². The van der Waals surface area contributed by atoms with E-state index in [2.05, 4.69) is 22.3 Å². The summed E-state index contributed by atoms with van der Waals surface area (Å²) in [7, 11) is 5.88. The zero-order chi connectivity index (χ0) is 16.8. The average molecular weight is 359 g/mol. The smallest absolute Gasteiger partial charge is 0.193 e. The molecule has 1 aliphatic rings. The minimum atomic E-state index is 0.184. The number of nitrogens with zero attached hydrogens (tertiary/aromatic N) is 3.